The van der Waals surface area contributed by atoms with Crippen molar-refractivity contribution in [2.24, 2.45) is 0 Å². The fourth-order valence-corrected chi connectivity index (χ4v) is 3.51. The number of aliphatic hydroxyl groups excluding tert-OH is 1. The minimum atomic E-state index is -3.72. The molecule has 0 radical (unpaired) electrons. The van der Waals surface area contributed by atoms with Gasteiger partial charge in [0, 0.05) is 18.4 Å². The molecule has 1 aromatic heterocycles. The van der Waals surface area contributed by atoms with E-state index in [1.807, 2.05) is 0 Å². The van der Waals surface area contributed by atoms with Gasteiger partial charge in [-0.1, -0.05) is 12.8 Å². The average molecular weight is 271 g/mol. The molecule has 2 atom stereocenters. The largest absolute Gasteiger partial charge is 0.398 e. The lowest BCUT2D eigenvalue weighted by atomic mass is 9.93. The zero-order valence-corrected chi connectivity index (χ0v) is 10.7. The first-order chi connectivity index (χ1) is 8.50. The van der Waals surface area contributed by atoms with Crippen LogP contribution in [0, 0.1) is 0 Å². The molecule has 7 heteroatoms. The molecule has 18 heavy (non-hydrogen) atoms. The van der Waals surface area contributed by atoms with Crippen molar-refractivity contribution in [3.05, 3.63) is 18.5 Å². The van der Waals surface area contributed by atoms with Gasteiger partial charge in [0.15, 0.2) is 0 Å². The molecular formula is C11H17N3O3S. The van der Waals surface area contributed by atoms with Crippen LogP contribution in [0.1, 0.15) is 25.7 Å². The Bertz CT molecular complexity index is 518. The molecule has 0 aliphatic heterocycles. The van der Waals surface area contributed by atoms with Gasteiger partial charge in [0.1, 0.15) is 4.90 Å². The number of nitrogens with one attached hydrogen (secondary N) is 1. The molecule has 1 aromatic rings. The standard InChI is InChI=1S/C11H17N3O3S/c12-8-5-6-13-7-11(8)18(16,17)14-9-3-1-2-4-10(9)15/h5-7,9-10,14-15H,1-4H2,(H2,12,13). The third kappa shape index (κ3) is 2.80. The highest BCUT2D eigenvalue weighted by molar-refractivity contribution is 7.89. The lowest BCUT2D eigenvalue weighted by Crippen LogP contribution is -2.45. The number of hydrogen-bond donors (Lipinski definition) is 3. The van der Waals surface area contributed by atoms with Crippen LogP contribution in [0.3, 0.4) is 0 Å². The van der Waals surface area contributed by atoms with Crippen LogP contribution in [0.4, 0.5) is 5.69 Å². The monoisotopic (exact) mass is 271 g/mol. The number of aromatic nitrogens is 1. The van der Waals surface area contributed by atoms with Gasteiger partial charge in [0.2, 0.25) is 10.0 Å². The van der Waals surface area contributed by atoms with Gasteiger partial charge in [-0.15, -0.1) is 0 Å². The number of rotatable bonds is 3. The van der Waals surface area contributed by atoms with Gasteiger partial charge in [-0.25, -0.2) is 13.1 Å². The smallest absolute Gasteiger partial charge is 0.244 e. The van der Waals surface area contributed by atoms with Gasteiger partial charge in [0.25, 0.3) is 0 Å². The van der Waals surface area contributed by atoms with E-state index in [4.69, 9.17) is 5.73 Å². The van der Waals surface area contributed by atoms with Crippen molar-refractivity contribution in [3.8, 4) is 0 Å². The second kappa shape index (κ2) is 5.21. The molecule has 1 fully saturated rings. The summed E-state index contributed by atoms with van der Waals surface area (Å²) in [6.07, 6.45) is 5.11. The number of aliphatic hydroxyl groups is 1. The first-order valence-electron chi connectivity index (χ1n) is 5.90. The zero-order chi connectivity index (χ0) is 13.2. The molecule has 0 amide bonds. The van der Waals surface area contributed by atoms with E-state index >= 15 is 0 Å². The molecule has 1 aliphatic rings. The van der Waals surface area contributed by atoms with Crippen molar-refractivity contribution in [3.63, 3.8) is 0 Å². The summed E-state index contributed by atoms with van der Waals surface area (Å²) in [4.78, 5) is 3.72. The minimum Gasteiger partial charge on any atom is -0.398 e. The van der Waals surface area contributed by atoms with Crippen LogP contribution in [0.5, 0.6) is 0 Å². The molecule has 1 saturated carbocycles. The summed E-state index contributed by atoms with van der Waals surface area (Å²) in [7, 11) is -3.72. The minimum absolute atomic E-state index is 0.0391. The van der Waals surface area contributed by atoms with E-state index < -0.39 is 22.2 Å². The summed E-state index contributed by atoms with van der Waals surface area (Å²) < 4.78 is 26.8. The van der Waals surface area contributed by atoms with Crippen LogP contribution < -0.4 is 10.5 Å². The third-order valence-electron chi connectivity index (χ3n) is 3.14. The summed E-state index contributed by atoms with van der Waals surface area (Å²) in [6.45, 7) is 0. The number of nitrogens with zero attached hydrogens (tertiary/aromatic N) is 1. The Kier molecular flexibility index (Phi) is 3.84. The van der Waals surface area contributed by atoms with Gasteiger partial charge in [-0.2, -0.15) is 0 Å². The van der Waals surface area contributed by atoms with Crippen molar-refractivity contribution in [2.75, 3.05) is 5.73 Å². The Morgan fingerprint density at radius 3 is 2.78 bits per heavy atom. The molecule has 1 heterocycles. The maximum atomic E-state index is 12.1. The molecule has 6 nitrogen and oxygen atoms in total. The van der Waals surface area contributed by atoms with E-state index in [0.717, 1.165) is 12.8 Å². The van der Waals surface area contributed by atoms with Gasteiger partial charge in [0.05, 0.1) is 11.8 Å². The van der Waals surface area contributed by atoms with Crippen molar-refractivity contribution < 1.29 is 13.5 Å². The number of nitrogens with two attached hydrogens (primary N) is 1. The van der Waals surface area contributed by atoms with E-state index in [2.05, 4.69) is 9.71 Å². The molecule has 0 saturated heterocycles. The fourth-order valence-electron chi connectivity index (χ4n) is 2.13. The predicted octanol–water partition coefficient (Wildman–Crippen LogP) is 0.246. The number of pyridine rings is 1. The summed E-state index contributed by atoms with van der Waals surface area (Å²) in [5.41, 5.74) is 5.78. The zero-order valence-electron chi connectivity index (χ0n) is 9.91. The molecule has 4 N–H and O–H groups in total. The first kappa shape index (κ1) is 13.3. The number of anilines is 1. The molecule has 2 rings (SSSR count). The molecular weight excluding hydrogens is 254 g/mol. The molecule has 0 aromatic carbocycles. The summed E-state index contributed by atoms with van der Waals surface area (Å²) >= 11 is 0. The van der Waals surface area contributed by atoms with Gasteiger partial charge < -0.3 is 10.8 Å². The molecule has 1 aliphatic carbocycles. The first-order valence-corrected chi connectivity index (χ1v) is 7.39. The fraction of sp³-hybridized carbons (Fsp3) is 0.545. The second-order valence-electron chi connectivity index (χ2n) is 4.49. The Hall–Kier alpha value is -1.18. The average Bonchev–Trinajstić information content (AvgIpc) is 2.32. The number of hydrogen-bond acceptors (Lipinski definition) is 5. The maximum absolute atomic E-state index is 12.1. The summed E-state index contributed by atoms with van der Waals surface area (Å²) in [5, 5.41) is 9.77. The highest BCUT2D eigenvalue weighted by Gasteiger charge is 2.29. The quantitative estimate of drug-likeness (QED) is 0.730. The van der Waals surface area contributed by atoms with Crippen molar-refractivity contribution in [1.82, 2.24) is 9.71 Å². The van der Waals surface area contributed by atoms with Crippen LogP contribution in [0.2, 0.25) is 0 Å². The second-order valence-corrected chi connectivity index (χ2v) is 6.18. The van der Waals surface area contributed by atoms with Crippen LogP contribution in [-0.2, 0) is 10.0 Å². The number of sulfonamides is 1. The maximum Gasteiger partial charge on any atom is 0.244 e. The van der Waals surface area contributed by atoms with Crippen LogP contribution >= 0.6 is 0 Å². The Morgan fingerprint density at radius 2 is 2.11 bits per heavy atom. The number of nitrogen functional groups attached to an aromatic ring is 1. The lowest BCUT2D eigenvalue weighted by Gasteiger charge is -2.28. The van der Waals surface area contributed by atoms with Gasteiger partial charge >= 0.3 is 0 Å². The molecule has 0 bridgehead atoms. The lowest BCUT2D eigenvalue weighted by molar-refractivity contribution is 0.101. The highest BCUT2D eigenvalue weighted by Crippen LogP contribution is 2.22. The van der Waals surface area contributed by atoms with E-state index in [0.29, 0.717) is 12.8 Å². The highest BCUT2D eigenvalue weighted by atomic mass is 32.2. The summed E-state index contributed by atoms with van der Waals surface area (Å²) in [6, 6.07) is 0.995. The van der Waals surface area contributed by atoms with E-state index in [-0.39, 0.29) is 10.6 Å². The predicted molar refractivity (Wildman–Crippen MR) is 67.2 cm³/mol. The SMILES string of the molecule is Nc1ccncc1S(=O)(=O)NC1CCCCC1O. The van der Waals surface area contributed by atoms with Crippen LogP contribution in [0.25, 0.3) is 0 Å². The van der Waals surface area contributed by atoms with Crippen molar-refractivity contribution in [1.29, 1.82) is 0 Å². The van der Waals surface area contributed by atoms with Gasteiger partial charge in [-0.3, -0.25) is 4.98 Å². The molecule has 100 valence electrons. The molecule has 2 unspecified atom stereocenters. The topological polar surface area (TPSA) is 105 Å². The van der Waals surface area contributed by atoms with Crippen LogP contribution in [0.15, 0.2) is 23.4 Å². The molecule has 0 spiro atoms. The van der Waals surface area contributed by atoms with Gasteiger partial charge in [-0.05, 0) is 18.9 Å². The van der Waals surface area contributed by atoms with E-state index in [1.54, 1.807) is 0 Å². The Morgan fingerprint density at radius 1 is 1.39 bits per heavy atom. The Labute approximate surface area is 106 Å². The van der Waals surface area contributed by atoms with Crippen molar-refractivity contribution >= 4 is 15.7 Å². The van der Waals surface area contributed by atoms with E-state index in [1.165, 1.54) is 18.5 Å². The summed E-state index contributed by atoms with van der Waals surface area (Å²) in [5.74, 6) is 0. The Balaban J connectivity index is 2.19. The normalized spacial score (nSPS) is 24.9. The van der Waals surface area contributed by atoms with E-state index in [9.17, 15) is 13.5 Å². The third-order valence-corrected chi connectivity index (χ3v) is 4.68. The van der Waals surface area contributed by atoms with Crippen LogP contribution in [-0.4, -0.2) is 30.7 Å². The van der Waals surface area contributed by atoms with Crippen molar-refractivity contribution in [2.45, 2.75) is 42.7 Å².